The molecule has 0 spiro atoms. The van der Waals surface area contributed by atoms with Crippen molar-refractivity contribution in [2.24, 2.45) is 5.92 Å². The number of amides is 3. The number of halogens is 2. The first kappa shape index (κ1) is 22.1. The first-order valence-corrected chi connectivity index (χ1v) is 9.57. The molecule has 2 aromatic rings. The minimum Gasteiger partial charge on any atom is -0.454 e. The van der Waals surface area contributed by atoms with Crippen LogP contribution in [0.2, 0.25) is 0 Å². The van der Waals surface area contributed by atoms with E-state index in [1.165, 1.54) is 12.1 Å². The maximum absolute atomic E-state index is 13.7. The molecule has 0 saturated heterocycles. The molecule has 9 heteroatoms. The lowest BCUT2D eigenvalue weighted by atomic mass is 10.0. The Morgan fingerprint density at radius 1 is 1.03 bits per heavy atom. The average Bonchev–Trinajstić information content (AvgIpc) is 2.97. The van der Waals surface area contributed by atoms with E-state index in [1.54, 1.807) is 26.0 Å². The van der Waals surface area contributed by atoms with Crippen LogP contribution in [-0.2, 0) is 14.3 Å². The zero-order valence-electron chi connectivity index (χ0n) is 16.9. The summed E-state index contributed by atoms with van der Waals surface area (Å²) in [5.41, 5.74) is -0.0260. The minimum absolute atomic E-state index is 0.0721. The quantitative estimate of drug-likeness (QED) is 0.538. The summed E-state index contributed by atoms with van der Waals surface area (Å²) in [6.45, 7) is 2.81. The van der Waals surface area contributed by atoms with Gasteiger partial charge in [-0.2, -0.15) is 0 Å². The third-order valence-corrected chi connectivity index (χ3v) is 4.65. The first-order chi connectivity index (χ1) is 14.7. The van der Waals surface area contributed by atoms with Crippen molar-refractivity contribution in [3.05, 3.63) is 65.2 Å². The van der Waals surface area contributed by atoms with Gasteiger partial charge in [0.2, 0.25) is 0 Å². The van der Waals surface area contributed by atoms with Crippen LogP contribution in [0.25, 0.3) is 0 Å². The van der Waals surface area contributed by atoms with Crippen molar-refractivity contribution in [2.75, 3.05) is 11.9 Å². The van der Waals surface area contributed by atoms with Crippen LogP contribution in [0, 0.1) is 17.6 Å². The summed E-state index contributed by atoms with van der Waals surface area (Å²) in [5, 5.41) is 2.11. The van der Waals surface area contributed by atoms with Gasteiger partial charge >= 0.3 is 5.97 Å². The van der Waals surface area contributed by atoms with Crippen LogP contribution in [0.15, 0.2) is 42.5 Å². The maximum atomic E-state index is 13.7. The molecule has 1 aliphatic rings. The van der Waals surface area contributed by atoms with Gasteiger partial charge in [0.05, 0.1) is 16.8 Å². The summed E-state index contributed by atoms with van der Waals surface area (Å²) in [5.74, 6) is -4.76. The second kappa shape index (κ2) is 9.03. The number of hydrogen-bond acceptors (Lipinski definition) is 5. The van der Waals surface area contributed by atoms with Crippen LogP contribution in [-0.4, -0.2) is 41.2 Å². The monoisotopic (exact) mass is 430 g/mol. The van der Waals surface area contributed by atoms with Crippen LogP contribution in [0.1, 0.15) is 41.0 Å². The van der Waals surface area contributed by atoms with Gasteiger partial charge in [-0.05, 0) is 36.6 Å². The number of anilines is 1. The molecule has 1 heterocycles. The van der Waals surface area contributed by atoms with Gasteiger partial charge in [0.25, 0.3) is 17.7 Å². The van der Waals surface area contributed by atoms with E-state index in [9.17, 15) is 28.0 Å². The number of fused-ring (bicyclic) bond motifs is 1. The molecule has 31 heavy (non-hydrogen) atoms. The van der Waals surface area contributed by atoms with Crippen molar-refractivity contribution >= 4 is 29.4 Å². The van der Waals surface area contributed by atoms with Crippen molar-refractivity contribution < 1.29 is 32.7 Å². The van der Waals surface area contributed by atoms with Crippen LogP contribution in [0.4, 0.5) is 14.5 Å². The highest BCUT2D eigenvalue weighted by Gasteiger charge is 2.43. The molecule has 1 aliphatic heterocycles. The Labute approximate surface area is 177 Å². The van der Waals surface area contributed by atoms with Crippen LogP contribution in [0.5, 0.6) is 0 Å². The van der Waals surface area contributed by atoms with Crippen LogP contribution >= 0.6 is 0 Å². The van der Waals surface area contributed by atoms with Gasteiger partial charge in [-0.15, -0.1) is 0 Å². The van der Waals surface area contributed by atoms with E-state index in [4.69, 9.17) is 4.74 Å². The van der Waals surface area contributed by atoms with E-state index >= 15 is 0 Å². The normalized spacial score (nSPS) is 13.9. The van der Waals surface area contributed by atoms with E-state index < -0.39 is 53.7 Å². The van der Waals surface area contributed by atoms with Crippen LogP contribution < -0.4 is 5.32 Å². The lowest BCUT2D eigenvalue weighted by Crippen LogP contribution is -2.46. The number of esters is 1. The van der Waals surface area contributed by atoms with Gasteiger partial charge in [-0.1, -0.05) is 26.0 Å². The molecule has 0 aromatic heterocycles. The number of rotatable bonds is 7. The van der Waals surface area contributed by atoms with Crippen molar-refractivity contribution in [3.63, 3.8) is 0 Å². The molecule has 3 rings (SSSR count). The summed E-state index contributed by atoms with van der Waals surface area (Å²) < 4.78 is 31.9. The topological polar surface area (TPSA) is 92.8 Å². The fourth-order valence-corrected chi connectivity index (χ4v) is 3.26. The van der Waals surface area contributed by atoms with Crippen LogP contribution in [0.3, 0.4) is 0 Å². The Kier molecular flexibility index (Phi) is 6.43. The second-order valence-electron chi connectivity index (χ2n) is 7.45. The SMILES string of the molecule is CC(C)CC(C(=O)OCC(=O)Nc1cc(F)ccc1F)N1C(=O)c2ccccc2C1=O. The number of hydrogen-bond donors (Lipinski definition) is 1. The number of benzene rings is 2. The Balaban J connectivity index is 1.71. The molecule has 3 amide bonds. The molecule has 0 radical (unpaired) electrons. The number of carbonyl (C=O) groups excluding carboxylic acids is 4. The van der Waals surface area contributed by atoms with Crippen molar-refractivity contribution in [3.8, 4) is 0 Å². The van der Waals surface area contributed by atoms with E-state index in [2.05, 4.69) is 5.32 Å². The molecule has 1 atom stereocenters. The molecule has 1 N–H and O–H groups in total. The van der Waals surface area contributed by atoms with Crippen molar-refractivity contribution in [1.29, 1.82) is 0 Å². The van der Waals surface area contributed by atoms with Gasteiger partial charge in [0.1, 0.15) is 17.7 Å². The van der Waals surface area contributed by atoms with Crippen molar-refractivity contribution in [2.45, 2.75) is 26.3 Å². The van der Waals surface area contributed by atoms with E-state index in [0.29, 0.717) is 0 Å². The standard InChI is InChI=1S/C22H20F2N2O5/c1-12(2)9-18(26-20(28)14-5-3-4-6-15(14)21(26)29)22(30)31-11-19(27)25-17-10-13(23)7-8-16(17)24/h3-8,10,12,18H,9,11H2,1-2H3,(H,25,27). The van der Waals surface area contributed by atoms with Gasteiger partial charge in [0.15, 0.2) is 6.61 Å². The average molecular weight is 430 g/mol. The summed E-state index contributed by atoms with van der Waals surface area (Å²) in [6, 6.07) is 7.50. The van der Waals surface area contributed by atoms with E-state index in [-0.39, 0.29) is 23.5 Å². The molecular formula is C22H20F2N2O5. The molecule has 162 valence electrons. The first-order valence-electron chi connectivity index (χ1n) is 9.57. The Morgan fingerprint density at radius 3 is 2.23 bits per heavy atom. The lowest BCUT2D eigenvalue weighted by Gasteiger charge is -2.25. The highest BCUT2D eigenvalue weighted by Crippen LogP contribution is 2.27. The minimum atomic E-state index is -1.23. The molecule has 0 aliphatic carbocycles. The third kappa shape index (κ3) is 4.76. The fourth-order valence-electron chi connectivity index (χ4n) is 3.26. The lowest BCUT2D eigenvalue weighted by molar-refractivity contribution is -0.151. The Morgan fingerprint density at radius 2 is 1.65 bits per heavy atom. The highest BCUT2D eigenvalue weighted by molar-refractivity contribution is 6.22. The second-order valence-corrected chi connectivity index (χ2v) is 7.45. The predicted molar refractivity (Wildman–Crippen MR) is 106 cm³/mol. The largest absolute Gasteiger partial charge is 0.454 e. The molecule has 1 unspecified atom stereocenters. The number of imide groups is 1. The molecule has 0 fully saturated rings. The predicted octanol–water partition coefficient (Wildman–Crippen LogP) is 3.16. The van der Waals surface area contributed by atoms with Gasteiger partial charge in [0, 0.05) is 6.07 Å². The zero-order chi connectivity index (χ0) is 22.7. The van der Waals surface area contributed by atoms with Gasteiger partial charge < -0.3 is 10.1 Å². The number of nitrogens with one attached hydrogen (secondary N) is 1. The molecule has 0 saturated carbocycles. The fraction of sp³-hybridized carbons (Fsp3) is 0.273. The molecule has 2 aromatic carbocycles. The molecule has 7 nitrogen and oxygen atoms in total. The number of carbonyl (C=O) groups is 4. The van der Waals surface area contributed by atoms with Gasteiger partial charge in [-0.3, -0.25) is 19.3 Å². The zero-order valence-corrected chi connectivity index (χ0v) is 16.9. The summed E-state index contributed by atoms with van der Waals surface area (Å²) in [6.07, 6.45) is 0.129. The Bertz CT molecular complexity index is 1020. The summed E-state index contributed by atoms with van der Waals surface area (Å²) in [7, 11) is 0. The third-order valence-electron chi connectivity index (χ3n) is 4.65. The van der Waals surface area contributed by atoms with Crippen molar-refractivity contribution in [1.82, 2.24) is 4.90 Å². The number of ether oxygens (including phenoxy) is 1. The van der Waals surface area contributed by atoms with Gasteiger partial charge in [-0.25, -0.2) is 13.6 Å². The molecule has 0 bridgehead atoms. The van der Waals surface area contributed by atoms with E-state index in [0.717, 1.165) is 23.1 Å². The Hall–Kier alpha value is -3.62. The summed E-state index contributed by atoms with van der Waals surface area (Å²) in [4.78, 5) is 51.0. The van der Waals surface area contributed by atoms with E-state index in [1.807, 2.05) is 0 Å². The highest BCUT2D eigenvalue weighted by atomic mass is 19.1. The molecular weight excluding hydrogens is 410 g/mol. The smallest absolute Gasteiger partial charge is 0.329 e. The number of nitrogens with zero attached hydrogens (tertiary/aromatic N) is 1. The summed E-state index contributed by atoms with van der Waals surface area (Å²) >= 11 is 0. The maximum Gasteiger partial charge on any atom is 0.329 e.